The highest BCUT2D eigenvalue weighted by molar-refractivity contribution is 6.03. The van der Waals surface area contributed by atoms with Crippen molar-refractivity contribution in [2.24, 2.45) is 7.05 Å². The molecule has 2 aliphatic rings. The summed E-state index contributed by atoms with van der Waals surface area (Å²) in [6.07, 6.45) is 4.63. The number of hydrogen-bond acceptors (Lipinski definition) is 10. The molecular weight excluding hydrogens is 602 g/mol. The first-order valence-electron chi connectivity index (χ1n) is 15.9. The summed E-state index contributed by atoms with van der Waals surface area (Å²) in [4.78, 5) is 37.9. The Bertz CT molecular complexity index is 1740. The number of morpholine rings is 1. The maximum Gasteiger partial charge on any atom is 0.342 e. The van der Waals surface area contributed by atoms with Crippen LogP contribution >= 0.6 is 0 Å². The standard InChI is InChI=1S/C34H41N7O6/c1-21(2)47-32(42)24-19-35-33(39-31(24)25-20-40(3)28-8-6-5-7-23(25)28)37-27-17-26(38-34(43)36-22-9-13-45-14-10-22)29(18-30(27)44-4)41-11-15-46-16-12-41/h5-8,17-22H,9-16H2,1-4H3,(H,35,37,39)(H2,36,38,43). The molecule has 2 aliphatic heterocycles. The predicted octanol–water partition coefficient (Wildman–Crippen LogP) is 5.09. The van der Waals surface area contributed by atoms with Gasteiger partial charge in [-0.25, -0.2) is 19.6 Å². The van der Waals surface area contributed by atoms with Crippen LogP contribution in [-0.2, 0) is 21.3 Å². The molecule has 0 atom stereocenters. The van der Waals surface area contributed by atoms with E-state index in [0.717, 1.165) is 35.0 Å². The van der Waals surface area contributed by atoms with Crippen LogP contribution in [0.15, 0.2) is 48.8 Å². The van der Waals surface area contributed by atoms with Crippen LogP contribution in [0.1, 0.15) is 37.0 Å². The van der Waals surface area contributed by atoms with Gasteiger partial charge >= 0.3 is 12.0 Å². The van der Waals surface area contributed by atoms with Crippen molar-refractivity contribution in [2.75, 3.05) is 62.2 Å². The fraction of sp³-hybridized carbons (Fsp3) is 0.412. The highest BCUT2D eigenvalue weighted by atomic mass is 16.5. The van der Waals surface area contributed by atoms with Crippen LogP contribution in [0.3, 0.4) is 0 Å². The number of aryl methyl sites for hydroxylation is 1. The normalized spacial score (nSPS) is 15.5. The maximum absolute atomic E-state index is 13.2. The molecule has 0 saturated carbocycles. The number of carbonyl (C=O) groups is 2. The molecule has 6 rings (SSSR count). The molecule has 4 heterocycles. The first-order chi connectivity index (χ1) is 22.8. The van der Waals surface area contributed by atoms with E-state index in [2.05, 4.69) is 25.8 Å². The zero-order valence-corrected chi connectivity index (χ0v) is 27.2. The van der Waals surface area contributed by atoms with E-state index in [0.29, 0.717) is 62.3 Å². The number of carbonyl (C=O) groups excluding carboxylic acids is 2. The molecule has 2 saturated heterocycles. The Kier molecular flexibility index (Phi) is 9.73. The van der Waals surface area contributed by atoms with Gasteiger partial charge in [0.25, 0.3) is 0 Å². The van der Waals surface area contributed by atoms with Gasteiger partial charge in [0.15, 0.2) is 0 Å². The lowest BCUT2D eigenvalue weighted by atomic mass is 10.1. The molecule has 0 radical (unpaired) electrons. The SMILES string of the molecule is COc1cc(N2CCOCC2)c(NC(=O)NC2CCOCC2)cc1Nc1ncc(C(=O)OC(C)C)c(-c2cn(C)c3ccccc23)n1. The highest BCUT2D eigenvalue weighted by Gasteiger charge is 2.24. The summed E-state index contributed by atoms with van der Waals surface area (Å²) < 4.78 is 24.4. The van der Waals surface area contributed by atoms with Gasteiger partial charge in [-0.15, -0.1) is 0 Å². The zero-order valence-electron chi connectivity index (χ0n) is 27.2. The molecule has 47 heavy (non-hydrogen) atoms. The third-order valence-corrected chi connectivity index (χ3v) is 8.22. The summed E-state index contributed by atoms with van der Waals surface area (Å²) in [7, 11) is 3.54. The van der Waals surface area contributed by atoms with E-state index >= 15 is 0 Å². The number of amides is 2. The minimum Gasteiger partial charge on any atom is -0.494 e. The van der Waals surface area contributed by atoms with Crippen LogP contribution in [0.2, 0.25) is 0 Å². The molecule has 4 aromatic rings. The van der Waals surface area contributed by atoms with Gasteiger partial charge in [0, 0.05) is 74.3 Å². The van der Waals surface area contributed by atoms with Crippen molar-refractivity contribution in [2.45, 2.75) is 38.8 Å². The molecule has 0 bridgehead atoms. The lowest BCUT2D eigenvalue weighted by Gasteiger charge is -2.31. The van der Waals surface area contributed by atoms with Gasteiger partial charge in [-0.1, -0.05) is 18.2 Å². The van der Waals surface area contributed by atoms with Crippen molar-refractivity contribution in [3.63, 3.8) is 0 Å². The number of ether oxygens (including phenoxy) is 4. The highest BCUT2D eigenvalue weighted by Crippen LogP contribution is 2.39. The van der Waals surface area contributed by atoms with Gasteiger partial charge in [-0.2, -0.15) is 0 Å². The fourth-order valence-electron chi connectivity index (χ4n) is 5.91. The predicted molar refractivity (Wildman–Crippen MR) is 180 cm³/mol. The largest absolute Gasteiger partial charge is 0.494 e. The van der Waals surface area contributed by atoms with E-state index in [1.165, 1.54) is 6.20 Å². The van der Waals surface area contributed by atoms with Crippen LogP contribution in [0.25, 0.3) is 22.2 Å². The Labute approximate surface area is 273 Å². The number of benzene rings is 2. The van der Waals surface area contributed by atoms with E-state index < -0.39 is 5.97 Å². The number of nitrogens with one attached hydrogen (secondary N) is 3. The van der Waals surface area contributed by atoms with Gasteiger partial charge in [-0.05, 0) is 38.8 Å². The van der Waals surface area contributed by atoms with Crippen LogP contribution in [0.5, 0.6) is 5.75 Å². The van der Waals surface area contributed by atoms with Crippen molar-refractivity contribution in [3.8, 4) is 17.0 Å². The Morgan fingerprint density at radius 2 is 1.77 bits per heavy atom. The monoisotopic (exact) mass is 643 g/mol. The molecule has 0 aliphatic carbocycles. The third kappa shape index (κ3) is 7.26. The third-order valence-electron chi connectivity index (χ3n) is 8.22. The van der Waals surface area contributed by atoms with Crippen LogP contribution in [-0.4, -0.2) is 85.3 Å². The minimum atomic E-state index is -0.510. The second-order valence-electron chi connectivity index (χ2n) is 11.9. The average molecular weight is 644 g/mol. The molecular formula is C34H41N7O6. The number of urea groups is 1. The van der Waals surface area contributed by atoms with Crippen molar-refractivity contribution in [3.05, 3.63) is 54.4 Å². The number of nitrogens with zero attached hydrogens (tertiary/aromatic N) is 4. The number of aromatic nitrogens is 3. The Hall–Kier alpha value is -4.88. The molecule has 13 nitrogen and oxygen atoms in total. The van der Waals surface area contributed by atoms with Gasteiger partial charge in [0.2, 0.25) is 5.95 Å². The molecule has 2 aromatic heterocycles. The molecule has 0 unspecified atom stereocenters. The lowest BCUT2D eigenvalue weighted by molar-refractivity contribution is 0.0378. The maximum atomic E-state index is 13.2. The molecule has 2 fully saturated rings. The summed E-state index contributed by atoms with van der Waals surface area (Å²) in [5, 5.41) is 10.4. The van der Waals surface area contributed by atoms with Gasteiger partial charge < -0.3 is 44.4 Å². The summed E-state index contributed by atoms with van der Waals surface area (Å²) >= 11 is 0. The second-order valence-corrected chi connectivity index (χ2v) is 11.9. The van der Waals surface area contributed by atoms with Gasteiger partial charge in [0.05, 0.1) is 49.2 Å². The molecule has 2 amide bonds. The van der Waals surface area contributed by atoms with Gasteiger partial charge in [0.1, 0.15) is 11.3 Å². The van der Waals surface area contributed by atoms with E-state index in [1.54, 1.807) is 21.0 Å². The number of methoxy groups -OCH3 is 1. The average Bonchev–Trinajstić information content (AvgIpc) is 3.41. The molecule has 0 spiro atoms. The van der Waals surface area contributed by atoms with E-state index in [4.69, 9.17) is 23.9 Å². The fourth-order valence-corrected chi connectivity index (χ4v) is 5.91. The Balaban J connectivity index is 1.38. The second kappa shape index (κ2) is 14.3. The quantitative estimate of drug-likeness (QED) is 0.211. The summed E-state index contributed by atoms with van der Waals surface area (Å²) in [5.74, 6) is 0.258. The topological polar surface area (TPSA) is 141 Å². The molecule has 13 heteroatoms. The number of rotatable bonds is 9. The Morgan fingerprint density at radius 1 is 1.02 bits per heavy atom. The first kappa shape index (κ1) is 32.1. The number of esters is 1. The summed E-state index contributed by atoms with van der Waals surface area (Å²) in [6, 6.07) is 11.4. The van der Waals surface area contributed by atoms with Crippen molar-refractivity contribution >= 4 is 45.9 Å². The Morgan fingerprint density at radius 3 is 2.51 bits per heavy atom. The van der Waals surface area contributed by atoms with Gasteiger partial charge in [-0.3, -0.25) is 0 Å². The molecule has 248 valence electrons. The first-order valence-corrected chi connectivity index (χ1v) is 15.9. The number of fused-ring (bicyclic) bond motifs is 1. The lowest BCUT2D eigenvalue weighted by Crippen LogP contribution is -2.42. The number of anilines is 4. The van der Waals surface area contributed by atoms with Crippen LogP contribution < -0.4 is 25.6 Å². The molecule has 3 N–H and O–H groups in total. The van der Waals surface area contributed by atoms with Crippen molar-refractivity contribution in [1.29, 1.82) is 0 Å². The van der Waals surface area contributed by atoms with E-state index in [1.807, 2.05) is 54.2 Å². The van der Waals surface area contributed by atoms with E-state index in [-0.39, 0.29) is 29.7 Å². The number of para-hydroxylation sites is 1. The van der Waals surface area contributed by atoms with E-state index in [9.17, 15) is 9.59 Å². The van der Waals surface area contributed by atoms with Crippen molar-refractivity contribution < 1.29 is 28.5 Å². The molecule has 2 aromatic carbocycles. The zero-order chi connectivity index (χ0) is 32.9. The van der Waals surface area contributed by atoms with Crippen molar-refractivity contribution in [1.82, 2.24) is 19.9 Å². The summed E-state index contributed by atoms with van der Waals surface area (Å²) in [5.41, 5.74) is 4.38. The smallest absolute Gasteiger partial charge is 0.342 e. The van der Waals surface area contributed by atoms with Crippen LogP contribution in [0.4, 0.5) is 27.8 Å². The summed E-state index contributed by atoms with van der Waals surface area (Å²) in [6.45, 7) is 7.32. The minimum absolute atomic E-state index is 0.0354. The number of hydrogen-bond donors (Lipinski definition) is 3. The van der Waals surface area contributed by atoms with Crippen LogP contribution in [0, 0.1) is 0 Å².